The molecule has 5 heteroatoms. The molecule has 0 saturated heterocycles. The van der Waals surface area contributed by atoms with E-state index in [2.05, 4.69) is 43.4 Å². The Hall–Kier alpha value is -2.69. The highest BCUT2D eigenvalue weighted by Crippen LogP contribution is 2.18. The molecule has 0 saturated carbocycles. The Morgan fingerprint density at radius 1 is 0.938 bits per heavy atom. The van der Waals surface area contributed by atoms with Crippen LogP contribution in [0.4, 0.5) is 4.39 Å². The van der Waals surface area contributed by atoms with E-state index in [-0.39, 0.29) is 24.2 Å². The molecule has 0 bridgehead atoms. The maximum atomic E-state index is 13.4. The van der Waals surface area contributed by atoms with Crippen LogP contribution in [0, 0.1) is 11.7 Å². The van der Waals surface area contributed by atoms with Gasteiger partial charge in [0.2, 0.25) is 11.8 Å². The van der Waals surface area contributed by atoms with Crippen molar-refractivity contribution in [3.8, 4) is 0 Å². The van der Waals surface area contributed by atoms with E-state index in [1.807, 2.05) is 20.8 Å². The number of nitrogens with one attached hydrogen (secondary N) is 1. The van der Waals surface area contributed by atoms with Gasteiger partial charge >= 0.3 is 0 Å². The summed E-state index contributed by atoms with van der Waals surface area (Å²) in [6.07, 6.45) is 1.44. The molecule has 0 fully saturated rings. The van der Waals surface area contributed by atoms with Crippen molar-refractivity contribution in [1.82, 2.24) is 10.2 Å². The summed E-state index contributed by atoms with van der Waals surface area (Å²) < 4.78 is 13.4. The van der Waals surface area contributed by atoms with Gasteiger partial charge in [0.25, 0.3) is 0 Å². The highest BCUT2D eigenvalue weighted by Gasteiger charge is 2.28. The molecule has 32 heavy (non-hydrogen) atoms. The molecule has 1 N–H and O–H groups in total. The number of halogens is 1. The largest absolute Gasteiger partial charge is 0.354 e. The second-order valence-corrected chi connectivity index (χ2v) is 9.11. The van der Waals surface area contributed by atoms with Crippen LogP contribution < -0.4 is 5.32 Å². The van der Waals surface area contributed by atoms with Crippen molar-refractivity contribution < 1.29 is 14.0 Å². The Kier molecular flexibility index (Phi) is 9.89. The van der Waals surface area contributed by atoms with E-state index >= 15 is 0 Å². The molecule has 174 valence electrons. The number of nitrogens with zero attached hydrogens (tertiary/aromatic N) is 1. The summed E-state index contributed by atoms with van der Waals surface area (Å²) in [5, 5.41) is 2.96. The van der Waals surface area contributed by atoms with Gasteiger partial charge < -0.3 is 10.2 Å². The fourth-order valence-corrected chi connectivity index (χ4v) is 3.59. The molecule has 2 aromatic carbocycles. The third kappa shape index (κ3) is 7.77. The molecule has 0 heterocycles. The molecule has 0 unspecified atom stereocenters. The lowest BCUT2D eigenvalue weighted by Crippen LogP contribution is -2.49. The average Bonchev–Trinajstić information content (AvgIpc) is 2.77. The van der Waals surface area contributed by atoms with Crippen molar-refractivity contribution in [3.63, 3.8) is 0 Å². The van der Waals surface area contributed by atoms with Gasteiger partial charge in [-0.2, -0.15) is 0 Å². The third-order valence-corrected chi connectivity index (χ3v) is 5.61. The predicted molar refractivity (Wildman–Crippen MR) is 128 cm³/mol. The van der Waals surface area contributed by atoms with Gasteiger partial charge in [-0.1, -0.05) is 71.0 Å². The molecule has 0 aliphatic rings. The van der Waals surface area contributed by atoms with Crippen LogP contribution in [0.3, 0.4) is 0 Å². The Morgan fingerprint density at radius 3 is 2.06 bits per heavy atom. The first-order valence-electron chi connectivity index (χ1n) is 11.6. The standard InChI is InChI=1S/C27H37FN2O2/c1-6-25(27(32)29-17-19(2)3)30(18-22-9-14-24(28)15-10-22)26(31)16-11-21-7-12-23(13-8-21)20(4)5/h7-10,12-15,19-20,25H,6,11,16-18H2,1-5H3,(H,29,32)/t25-/m1/s1. The zero-order chi connectivity index (χ0) is 23.7. The van der Waals surface area contributed by atoms with Gasteiger partial charge in [0.15, 0.2) is 0 Å². The minimum absolute atomic E-state index is 0.0752. The normalized spacial score (nSPS) is 12.1. The summed E-state index contributed by atoms with van der Waals surface area (Å²) in [7, 11) is 0. The first kappa shape index (κ1) is 25.6. The van der Waals surface area contributed by atoms with E-state index in [1.54, 1.807) is 17.0 Å². The van der Waals surface area contributed by atoms with Crippen LogP contribution in [-0.4, -0.2) is 29.3 Å². The molecule has 2 rings (SSSR count). The van der Waals surface area contributed by atoms with Crippen LogP contribution in [-0.2, 0) is 22.6 Å². The first-order valence-corrected chi connectivity index (χ1v) is 11.6. The molecular weight excluding hydrogens is 403 g/mol. The van der Waals surface area contributed by atoms with E-state index in [4.69, 9.17) is 0 Å². The van der Waals surface area contributed by atoms with E-state index in [9.17, 15) is 14.0 Å². The van der Waals surface area contributed by atoms with Crippen molar-refractivity contribution in [3.05, 3.63) is 71.0 Å². The van der Waals surface area contributed by atoms with E-state index in [0.29, 0.717) is 37.6 Å². The lowest BCUT2D eigenvalue weighted by atomic mass is 10.00. The Labute approximate surface area is 192 Å². The van der Waals surface area contributed by atoms with Crippen molar-refractivity contribution in [2.24, 2.45) is 5.92 Å². The fraction of sp³-hybridized carbons (Fsp3) is 0.481. The highest BCUT2D eigenvalue weighted by molar-refractivity contribution is 5.87. The molecule has 0 aromatic heterocycles. The van der Waals surface area contributed by atoms with E-state index in [0.717, 1.165) is 11.1 Å². The molecule has 4 nitrogen and oxygen atoms in total. The second-order valence-electron chi connectivity index (χ2n) is 9.11. The van der Waals surface area contributed by atoms with Gasteiger partial charge in [0.1, 0.15) is 11.9 Å². The summed E-state index contributed by atoms with van der Waals surface area (Å²) in [6.45, 7) is 11.1. The number of aryl methyl sites for hydroxylation is 1. The van der Waals surface area contributed by atoms with Gasteiger partial charge in [0, 0.05) is 19.5 Å². The van der Waals surface area contributed by atoms with Crippen LogP contribution in [0.25, 0.3) is 0 Å². The zero-order valence-electron chi connectivity index (χ0n) is 20.0. The van der Waals surface area contributed by atoms with Crippen LogP contribution in [0.15, 0.2) is 48.5 Å². The Bertz CT molecular complexity index is 860. The van der Waals surface area contributed by atoms with Crippen LogP contribution in [0.5, 0.6) is 0 Å². The fourth-order valence-electron chi connectivity index (χ4n) is 3.59. The van der Waals surface area contributed by atoms with Crippen LogP contribution in [0.1, 0.15) is 70.1 Å². The predicted octanol–water partition coefficient (Wildman–Crippen LogP) is 5.46. The van der Waals surface area contributed by atoms with Crippen molar-refractivity contribution in [2.75, 3.05) is 6.54 Å². The lowest BCUT2D eigenvalue weighted by molar-refractivity contribution is -0.141. The average molecular weight is 441 g/mol. The second kappa shape index (κ2) is 12.4. The lowest BCUT2D eigenvalue weighted by Gasteiger charge is -2.31. The highest BCUT2D eigenvalue weighted by atomic mass is 19.1. The smallest absolute Gasteiger partial charge is 0.242 e. The maximum Gasteiger partial charge on any atom is 0.242 e. The molecule has 0 aliphatic carbocycles. The van der Waals surface area contributed by atoms with Gasteiger partial charge in [-0.05, 0) is 53.5 Å². The van der Waals surface area contributed by atoms with Gasteiger partial charge in [-0.25, -0.2) is 4.39 Å². The first-order chi connectivity index (χ1) is 15.2. The van der Waals surface area contributed by atoms with Crippen molar-refractivity contribution in [1.29, 1.82) is 0 Å². The van der Waals surface area contributed by atoms with Crippen molar-refractivity contribution >= 4 is 11.8 Å². The van der Waals surface area contributed by atoms with Gasteiger partial charge in [0.05, 0.1) is 0 Å². The summed E-state index contributed by atoms with van der Waals surface area (Å²) in [5.74, 6) is 0.253. The third-order valence-electron chi connectivity index (χ3n) is 5.61. The Balaban J connectivity index is 2.16. The summed E-state index contributed by atoms with van der Waals surface area (Å²) >= 11 is 0. The van der Waals surface area contributed by atoms with Gasteiger partial charge in [-0.3, -0.25) is 9.59 Å². The SMILES string of the molecule is CC[C@H](C(=O)NCC(C)C)N(Cc1ccc(F)cc1)C(=O)CCc1ccc(C(C)C)cc1. The number of hydrogen-bond donors (Lipinski definition) is 1. The topological polar surface area (TPSA) is 49.4 Å². The number of rotatable bonds is 11. The monoisotopic (exact) mass is 440 g/mol. The number of hydrogen-bond acceptors (Lipinski definition) is 2. The summed E-state index contributed by atoms with van der Waals surface area (Å²) in [4.78, 5) is 27.8. The van der Waals surface area contributed by atoms with E-state index < -0.39 is 6.04 Å². The molecule has 0 spiro atoms. The minimum Gasteiger partial charge on any atom is -0.354 e. The van der Waals surface area contributed by atoms with Gasteiger partial charge in [-0.15, -0.1) is 0 Å². The number of benzene rings is 2. The molecule has 0 radical (unpaired) electrons. The zero-order valence-corrected chi connectivity index (χ0v) is 20.0. The molecular formula is C27H37FN2O2. The number of amides is 2. The summed E-state index contributed by atoms with van der Waals surface area (Å²) in [6, 6.07) is 13.9. The molecule has 2 amide bonds. The minimum atomic E-state index is -0.561. The molecule has 1 atom stereocenters. The Morgan fingerprint density at radius 2 is 1.53 bits per heavy atom. The quantitative estimate of drug-likeness (QED) is 0.504. The maximum absolute atomic E-state index is 13.4. The summed E-state index contributed by atoms with van der Waals surface area (Å²) in [5.41, 5.74) is 3.17. The molecule has 2 aromatic rings. The van der Waals surface area contributed by atoms with Crippen LogP contribution in [0.2, 0.25) is 0 Å². The van der Waals surface area contributed by atoms with E-state index in [1.165, 1.54) is 17.7 Å². The number of carbonyl (C=O) groups is 2. The van der Waals surface area contributed by atoms with Crippen LogP contribution >= 0.6 is 0 Å². The molecule has 0 aliphatic heterocycles. The van der Waals surface area contributed by atoms with Crippen molar-refractivity contribution in [2.45, 2.75) is 72.4 Å². The number of carbonyl (C=O) groups excluding carboxylic acids is 2.